The summed E-state index contributed by atoms with van der Waals surface area (Å²) in [6.07, 6.45) is -1.70. The summed E-state index contributed by atoms with van der Waals surface area (Å²) in [5, 5.41) is 11.6. The van der Waals surface area contributed by atoms with E-state index in [0.29, 0.717) is 27.9 Å². The Balaban J connectivity index is 1.39. The van der Waals surface area contributed by atoms with E-state index in [1.165, 1.54) is 6.07 Å². The Bertz CT molecular complexity index is 1160. The van der Waals surface area contributed by atoms with Crippen molar-refractivity contribution in [1.29, 1.82) is 0 Å². The average molecular weight is 446 g/mol. The van der Waals surface area contributed by atoms with Crippen molar-refractivity contribution in [2.24, 2.45) is 0 Å². The normalized spacial score (nSPS) is 11.4. The molecular weight excluding hydrogens is 431 g/mol. The largest absolute Gasteiger partial charge is 0.457 e. The molecule has 0 radical (unpaired) electrons. The van der Waals surface area contributed by atoms with Gasteiger partial charge in [0.2, 0.25) is 0 Å². The molecule has 31 heavy (non-hydrogen) atoms. The van der Waals surface area contributed by atoms with Crippen LogP contribution in [0.2, 0.25) is 5.02 Å². The van der Waals surface area contributed by atoms with Gasteiger partial charge in [-0.05, 0) is 60.7 Å². The molecule has 0 fully saturated rings. The number of halogens is 4. The fraction of sp³-hybridized carbons (Fsp3) is 0.0952. The predicted octanol–water partition coefficient (Wildman–Crippen LogP) is 5.74. The molecule has 0 aliphatic carbocycles. The Morgan fingerprint density at radius 1 is 0.968 bits per heavy atom. The van der Waals surface area contributed by atoms with E-state index in [1.54, 1.807) is 47.3 Å². The SMILES string of the molecule is FC(F)(F)c1cc(NCc2cn(-c3ccc(Oc4ccc(Cl)cc4)cc3)nn2)ccn1. The molecule has 0 saturated carbocycles. The topological polar surface area (TPSA) is 64.9 Å². The summed E-state index contributed by atoms with van der Waals surface area (Å²) in [6.45, 7) is 0.207. The van der Waals surface area contributed by atoms with Crippen molar-refractivity contribution in [2.75, 3.05) is 5.32 Å². The molecule has 2 aromatic carbocycles. The molecule has 2 aromatic heterocycles. The fourth-order valence-corrected chi connectivity index (χ4v) is 2.83. The van der Waals surface area contributed by atoms with Crippen LogP contribution in [0.15, 0.2) is 73.1 Å². The molecule has 4 aromatic rings. The van der Waals surface area contributed by atoms with Crippen molar-refractivity contribution >= 4 is 17.3 Å². The van der Waals surface area contributed by atoms with E-state index < -0.39 is 11.9 Å². The zero-order chi connectivity index (χ0) is 21.8. The molecule has 0 aliphatic heterocycles. The van der Waals surface area contributed by atoms with Crippen molar-refractivity contribution in [3.8, 4) is 17.2 Å². The van der Waals surface area contributed by atoms with E-state index in [1.807, 2.05) is 12.1 Å². The van der Waals surface area contributed by atoms with Crippen LogP contribution in [0.5, 0.6) is 11.5 Å². The van der Waals surface area contributed by atoms with Crippen LogP contribution in [0, 0.1) is 0 Å². The second-order valence-electron chi connectivity index (χ2n) is 6.49. The number of pyridine rings is 1. The number of ether oxygens (including phenoxy) is 1. The van der Waals surface area contributed by atoms with Crippen LogP contribution >= 0.6 is 11.6 Å². The number of aromatic nitrogens is 4. The average Bonchev–Trinajstić information content (AvgIpc) is 3.23. The molecule has 10 heteroatoms. The fourth-order valence-electron chi connectivity index (χ4n) is 2.70. The molecular formula is C21H15ClF3N5O. The van der Waals surface area contributed by atoms with Crippen LogP contribution < -0.4 is 10.1 Å². The summed E-state index contributed by atoms with van der Waals surface area (Å²) in [4.78, 5) is 3.33. The molecule has 0 aliphatic rings. The van der Waals surface area contributed by atoms with Gasteiger partial charge in [-0.2, -0.15) is 13.2 Å². The van der Waals surface area contributed by atoms with Crippen LogP contribution in [0.1, 0.15) is 11.4 Å². The lowest BCUT2D eigenvalue weighted by Crippen LogP contribution is -2.09. The van der Waals surface area contributed by atoms with Gasteiger partial charge < -0.3 is 10.1 Å². The molecule has 0 spiro atoms. The van der Waals surface area contributed by atoms with E-state index in [2.05, 4.69) is 20.6 Å². The molecule has 0 atom stereocenters. The number of nitrogens with one attached hydrogen (secondary N) is 1. The molecule has 0 amide bonds. The number of hydrogen-bond acceptors (Lipinski definition) is 5. The first-order valence-corrected chi connectivity index (χ1v) is 9.47. The standard InChI is InChI=1S/C21H15ClF3N5O/c22-14-1-5-18(6-2-14)31-19-7-3-17(4-8-19)30-13-16(28-29-30)12-27-15-9-10-26-20(11-15)21(23,24)25/h1-11,13H,12H2,(H,26,27). The minimum Gasteiger partial charge on any atom is -0.457 e. The summed E-state index contributed by atoms with van der Waals surface area (Å²) < 4.78 is 45.6. The van der Waals surface area contributed by atoms with Gasteiger partial charge in [-0.15, -0.1) is 5.10 Å². The number of anilines is 1. The van der Waals surface area contributed by atoms with Crippen molar-refractivity contribution in [3.05, 3.63) is 89.5 Å². The minimum atomic E-state index is -4.50. The maximum absolute atomic E-state index is 12.8. The van der Waals surface area contributed by atoms with Gasteiger partial charge in [0.15, 0.2) is 0 Å². The zero-order valence-electron chi connectivity index (χ0n) is 15.8. The molecule has 0 bridgehead atoms. The summed E-state index contributed by atoms with van der Waals surface area (Å²) in [5.74, 6) is 1.31. The van der Waals surface area contributed by atoms with Crippen LogP contribution in [0.3, 0.4) is 0 Å². The minimum absolute atomic E-state index is 0.207. The van der Waals surface area contributed by atoms with Gasteiger partial charge in [0.25, 0.3) is 0 Å². The first kappa shape index (κ1) is 20.7. The summed E-state index contributed by atoms with van der Waals surface area (Å²) >= 11 is 5.86. The van der Waals surface area contributed by atoms with Crippen molar-refractivity contribution in [2.45, 2.75) is 12.7 Å². The molecule has 0 saturated heterocycles. The summed E-state index contributed by atoms with van der Waals surface area (Å²) in [6, 6.07) is 16.6. The molecule has 4 rings (SSSR count). The third-order valence-electron chi connectivity index (χ3n) is 4.22. The number of nitrogens with zero attached hydrogens (tertiary/aromatic N) is 4. The Kier molecular flexibility index (Phi) is 5.77. The van der Waals surface area contributed by atoms with E-state index in [4.69, 9.17) is 16.3 Å². The maximum Gasteiger partial charge on any atom is 0.433 e. The lowest BCUT2D eigenvalue weighted by molar-refractivity contribution is -0.141. The Morgan fingerprint density at radius 2 is 1.65 bits per heavy atom. The first-order chi connectivity index (χ1) is 14.9. The molecule has 1 N–H and O–H groups in total. The predicted molar refractivity (Wildman–Crippen MR) is 109 cm³/mol. The number of hydrogen-bond donors (Lipinski definition) is 1. The van der Waals surface area contributed by atoms with Crippen LogP contribution in [0.4, 0.5) is 18.9 Å². The quantitative estimate of drug-likeness (QED) is 0.410. The number of rotatable bonds is 6. The Labute approximate surface area is 180 Å². The van der Waals surface area contributed by atoms with Gasteiger partial charge in [0.05, 0.1) is 18.4 Å². The highest BCUT2D eigenvalue weighted by atomic mass is 35.5. The van der Waals surface area contributed by atoms with Crippen molar-refractivity contribution in [1.82, 2.24) is 20.0 Å². The highest BCUT2D eigenvalue weighted by Gasteiger charge is 2.32. The van der Waals surface area contributed by atoms with Gasteiger partial charge in [-0.3, -0.25) is 4.98 Å². The maximum atomic E-state index is 12.8. The van der Waals surface area contributed by atoms with Crippen LogP contribution in [-0.4, -0.2) is 20.0 Å². The van der Waals surface area contributed by atoms with Crippen LogP contribution in [0.25, 0.3) is 5.69 Å². The molecule has 0 unspecified atom stereocenters. The van der Waals surface area contributed by atoms with Gasteiger partial charge in [-0.25, -0.2) is 4.68 Å². The highest BCUT2D eigenvalue weighted by molar-refractivity contribution is 6.30. The van der Waals surface area contributed by atoms with Gasteiger partial charge in [0.1, 0.15) is 22.9 Å². The first-order valence-electron chi connectivity index (χ1n) is 9.09. The van der Waals surface area contributed by atoms with Gasteiger partial charge in [-0.1, -0.05) is 16.8 Å². The Hall–Kier alpha value is -3.59. The van der Waals surface area contributed by atoms with E-state index in [9.17, 15) is 13.2 Å². The monoisotopic (exact) mass is 445 g/mol. The van der Waals surface area contributed by atoms with E-state index in [-0.39, 0.29) is 6.54 Å². The second kappa shape index (κ2) is 8.65. The second-order valence-corrected chi connectivity index (χ2v) is 6.92. The smallest absolute Gasteiger partial charge is 0.433 e. The highest BCUT2D eigenvalue weighted by Crippen LogP contribution is 2.29. The Morgan fingerprint density at radius 3 is 2.32 bits per heavy atom. The lowest BCUT2D eigenvalue weighted by Gasteiger charge is -2.08. The summed E-state index contributed by atoms with van der Waals surface area (Å²) in [7, 11) is 0. The van der Waals surface area contributed by atoms with Crippen molar-refractivity contribution < 1.29 is 17.9 Å². The third kappa shape index (κ3) is 5.32. The molecule has 158 valence electrons. The number of alkyl halides is 3. The third-order valence-corrected chi connectivity index (χ3v) is 4.47. The van der Waals surface area contributed by atoms with Crippen molar-refractivity contribution in [3.63, 3.8) is 0 Å². The molecule has 6 nitrogen and oxygen atoms in total. The zero-order valence-corrected chi connectivity index (χ0v) is 16.6. The molecule has 2 heterocycles. The van der Waals surface area contributed by atoms with Gasteiger partial charge >= 0.3 is 6.18 Å². The van der Waals surface area contributed by atoms with Gasteiger partial charge in [0, 0.05) is 16.9 Å². The van der Waals surface area contributed by atoms with E-state index in [0.717, 1.165) is 18.0 Å². The van der Waals surface area contributed by atoms with E-state index >= 15 is 0 Å². The lowest BCUT2D eigenvalue weighted by atomic mass is 10.3. The van der Waals surface area contributed by atoms with Crippen LogP contribution in [-0.2, 0) is 12.7 Å². The number of benzene rings is 2. The summed E-state index contributed by atoms with van der Waals surface area (Å²) in [5.41, 5.74) is 0.653.